The number of nitrogens with one attached hydrogen (secondary N) is 1. The number of para-hydroxylation sites is 1. The fraction of sp³-hybridized carbons (Fsp3) is 0.133. The molecular formula is C15H12F3N3. The summed E-state index contributed by atoms with van der Waals surface area (Å²) in [5, 5.41) is 11.6. The minimum atomic E-state index is -4.56. The van der Waals surface area contributed by atoms with Crippen molar-refractivity contribution < 1.29 is 13.2 Å². The van der Waals surface area contributed by atoms with Gasteiger partial charge in [-0.15, -0.1) is 0 Å². The molecule has 0 aliphatic carbocycles. The van der Waals surface area contributed by atoms with Crippen LogP contribution in [0.25, 0.3) is 0 Å². The fourth-order valence-corrected chi connectivity index (χ4v) is 1.88. The lowest BCUT2D eigenvalue weighted by Crippen LogP contribution is -2.09. The summed E-state index contributed by atoms with van der Waals surface area (Å²) < 4.78 is 38.5. The van der Waals surface area contributed by atoms with Crippen LogP contribution in [0.3, 0.4) is 0 Å². The number of hydrogen-bond acceptors (Lipinski definition) is 3. The third-order valence-corrected chi connectivity index (χ3v) is 2.98. The van der Waals surface area contributed by atoms with Gasteiger partial charge in [0.15, 0.2) is 0 Å². The Kier molecular flexibility index (Phi) is 4.03. The highest BCUT2D eigenvalue weighted by atomic mass is 19.4. The van der Waals surface area contributed by atoms with Crippen LogP contribution >= 0.6 is 0 Å². The molecule has 0 amide bonds. The Labute approximate surface area is 119 Å². The van der Waals surface area contributed by atoms with Crippen LogP contribution in [0.2, 0.25) is 0 Å². The van der Waals surface area contributed by atoms with Crippen molar-refractivity contribution in [3.8, 4) is 6.07 Å². The molecule has 0 radical (unpaired) electrons. The maximum Gasteiger partial charge on any atom is 0.417 e. The smallest absolute Gasteiger partial charge is 0.398 e. The van der Waals surface area contributed by atoms with Crippen LogP contribution in [0.15, 0.2) is 42.5 Å². The van der Waals surface area contributed by atoms with Crippen molar-refractivity contribution in [3.05, 3.63) is 59.2 Å². The number of nitrogen functional groups attached to an aromatic ring is 1. The first kappa shape index (κ1) is 14.7. The van der Waals surface area contributed by atoms with E-state index in [1.165, 1.54) is 6.07 Å². The molecule has 6 heteroatoms. The number of nitrogens with two attached hydrogens (primary N) is 1. The van der Waals surface area contributed by atoms with Crippen molar-refractivity contribution in [1.29, 1.82) is 5.26 Å². The predicted molar refractivity (Wildman–Crippen MR) is 74.3 cm³/mol. The van der Waals surface area contributed by atoms with Crippen LogP contribution in [-0.4, -0.2) is 0 Å². The number of halogens is 3. The lowest BCUT2D eigenvalue weighted by molar-refractivity contribution is -0.137. The lowest BCUT2D eigenvalue weighted by atomic mass is 10.1. The summed E-state index contributed by atoms with van der Waals surface area (Å²) in [5.41, 5.74) is 6.06. The third kappa shape index (κ3) is 3.45. The molecule has 0 atom stereocenters. The summed E-state index contributed by atoms with van der Waals surface area (Å²) in [5.74, 6) is 0. The van der Waals surface area contributed by atoms with Gasteiger partial charge in [-0.25, -0.2) is 0 Å². The zero-order valence-electron chi connectivity index (χ0n) is 10.9. The van der Waals surface area contributed by atoms with Gasteiger partial charge in [-0.05, 0) is 29.8 Å². The SMILES string of the molecule is N#Cc1ccc(NCc2ccccc2N)cc1C(F)(F)F. The van der Waals surface area contributed by atoms with Gasteiger partial charge in [0.1, 0.15) is 0 Å². The maximum absolute atomic E-state index is 12.8. The van der Waals surface area contributed by atoms with Crippen molar-refractivity contribution in [1.82, 2.24) is 0 Å². The number of benzene rings is 2. The summed E-state index contributed by atoms with van der Waals surface area (Å²) in [6, 6.07) is 12.1. The summed E-state index contributed by atoms with van der Waals surface area (Å²) in [7, 11) is 0. The molecule has 0 aliphatic rings. The van der Waals surface area contributed by atoms with E-state index >= 15 is 0 Å². The second-order valence-electron chi connectivity index (χ2n) is 4.42. The van der Waals surface area contributed by atoms with Crippen molar-refractivity contribution in [2.75, 3.05) is 11.1 Å². The van der Waals surface area contributed by atoms with Gasteiger partial charge in [-0.2, -0.15) is 18.4 Å². The quantitative estimate of drug-likeness (QED) is 0.846. The molecule has 2 aromatic rings. The molecule has 0 saturated heterocycles. The van der Waals surface area contributed by atoms with E-state index in [0.717, 1.165) is 17.7 Å². The number of nitrogens with zero attached hydrogens (tertiary/aromatic N) is 1. The summed E-state index contributed by atoms with van der Waals surface area (Å²) in [6.07, 6.45) is -4.56. The number of hydrogen-bond donors (Lipinski definition) is 2. The molecule has 2 rings (SSSR count). The first-order valence-corrected chi connectivity index (χ1v) is 6.10. The zero-order chi connectivity index (χ0) is 15.5. The van der Waals surface area contributed by atoms with Crippen LogP contribution < -0.4 is 11.1 Å². The molecule has 3 N–H and O–H groups in total. The van der Waals surface area contributed by atoms with E-state index in [-0.39, 0.29) is 5.69 Å². The molecule has 0 aliphatic heterocycles. The first-order chi connectivity index (χ1) is 9.91. The molecule has 0 unspecified atom stereocenters. The van der Waals surface area contributed by atoms with Crippen molar-refractivity contribution in [2.45, 2.75) is 12.7 Å². The Morgan fingerprint density at radius 2 is 1.86 bits per heavy atom. The molecule has 0 saturated carbocycles. The van der Waals surface area contributed by atoms with Crippen molar-refractivity contribution in [2.24, 2.45) is 0 Å². The number of rotatable bonds is 3. The van der Waals surface area contributed by atoms with Gasteiger partial charge < -0.3 is 11.1 Å². The summed E-state index contributed by atoms with van der Waals surface area (Å²) in [6.45, 7) is 0.301. The number of nitriles is 1. The van der Waals surface area contributed by atoms with Crippen LogP contribution in [-0.2, 0) is 12.7 Å². The third-order valence-electron chi connectivity index (χ3n) is 2.98. The lowest BCUT2D eigenvalue weighted by Gasteiger charge is -2.13. The second kappa shape index (κ2) is 5.75. The summed E-state index contributed by atoms with van der Waals surface area (Å²) in [4.78, 5) is 0. The molecule has 108 valence electrons. The number of alkyl halides is 3. The Bertz CT molecular complexity index is 687. The largest absolute Gasteiger partial charge is 0.417 e. The van der Waals surface area contributed by atoms with E-state index in [4.69, 9.17) is 11.0 Å². The molecule has 2 aromatic carbocycles. The van der Waals surface area contributed by atoms with Crippen molar-refractivity contribution in [3.63, 3.8) is 0 Å². The van der Waals surface area contributed by atoms with Crippen LogP contribution in [0.1, 0.15) is 16.7 Å². The first-order valence-electron chi connectivity index (χ1n) is 6.10. The monoisotopic (exact) mass is 291 g/mol. The van der Waals surface area contributed by atoms with Crippen LogP contribution in [0, 0.1) is 11.3 Å². The van der Waals surface area contributed by atoms with E-state index in [0.29, 0.717) is 12.2 Å². The van der Waals surface area contributed by atoms with E-state index in [9.17, 15) is 13.2 Å². The average Bonchev–Trinajstić information content (AvgIpc) is 2.45. The molecule has 21 heavy (non-hydrogen) atoms. The highest BCUT2D eigenvalue weighted by Gasteiger charge is 2.33. The average molecular weight is 291 g/mol. The molecule has 0 aromatic heterocycles. The maximum atomic E-state index is 12.8. The van der Waals surface area contributed by atoms with Gasteiger partial charge in [0.2, 0.25) is 0 Å². The normalized spacial score (nSPS) is 11.0. The number of anilines is 2. The van der Waals surface area contributed by atoms with Gasteiger partial charge in [0, 0.05) is 17.9 Å². The predicted octanol–water partition coefficient (Wildman–Crippen LogP) is 3.77. The Balaban J connectivity index is 2.23. The Hall–Kier alpha value is -2.68. The van der Waals surface area contributed by atoms with E-state index in [1.54, 1.807) is 30.3 Å². The minimum absolute atomic E-state index is 0.282. The van der Waals surface area contributed by atoms with E-state index in [2.05, 4.69) is 5.32 Å². The summed E-state index contributed by atoms with van der Waals surface area (Å²) >= 11 is 0. The highest BCUT2D eigenvalue weighted by Crippen LogP contribution is 2.33. The molecule has 0 bridgehead atoms. The van der Waals surface area contributed by atoms with Crippen molar-refractivity contribution >= 4 is 11.4 Å². The van der Waals surface area contributed by atoms with E-state index in [1.807, 2.05) is 0 Å². The molecule has 0 heterocycles. The van der Waals surface area contributed by atoms with Gasteiger partial charge in [0.25, 0.3) is 0 Å². The second-order valence-corrected chi connectivity index (χ2v) is 4.42. The fourth-order valence-electron chi connectivity index (χ4n) is 1.88. The molecule has 0 fully saturated rings. The molecule has 3 nitrogen and oxygen atoms in total. The highest BCUT2D eigenvalue weighted by molar-refractivity contribution is 5.55. The van der Waals surface area contributed by atoms with Gasteiger partial charge in [-0.3, -0.25) is 0 Å². The van der Waals surface area contributed by atoms with Crippen LogP contribution in [0.4, 0.5) is 24.5 Å². The van der Waals surface area contributed by atoms with Gasteiger partial charge in [-0.1, -0.05) is 18.2 Å². The Morgan fingerprint density at radius 3 is 2.48 bits per heavy atom. The zero-order valence-corrected chi connectivity index (χ0v) is 10.9. The topological polar surface area (TPSA) is 61.8 Å². The molecule has 0 spiro atoms. The Morgan fingerprint density at radius 1 is 1.14 bits per heavy atom. The molecular weight excluding hydrogens is 279 g/mol. The van der Waals surface area contributed by atoms with Gasteiger partial charge in [0.05, 0.1) is 17.2 Å². The van der Waals surface area contributed by atoms with Gasteiger partial charge >= 0.3 is 6.18 Å². The van der Waals surface area contributed by atoms with Crippen LogP contribution in [0.5, 0.6) is 0 Å². The minimum Gasteiger partial charge on any atom is -0.398 e. The van der Waals surface area contributed by atoms with E-state index < -0.39 is 17.3 Å². The standard InChI is InChI=1S/C15H12F3N3/c16-15(17,18)13-7-12(6-5-10(13)8-19)21-9-11-3-1-2-4-14(11)20/h1-7,21H,9,20H2.